The summed E-state index contributed by atoms with van der Waals surface area (Å²) in [7, 11) is 0. The Bertz CT molecular complexity index is 632. The van der Waals surface area contributed by atoms with Gasteiger partial charge in [0.25, 0.3) is 5.91 Å². The fourth-order valence-electron chi connectivity index (χ4n) is 3.16. The highest BCUT2D eigenvalue weighted by Gasteiger charge is 2.22. The highest BCUT2D eigenvalue weighted by molar-refractivity contribution is 6.07. The Hall–Kier alpha value is -1.97. The first-order chi connectivity index (χ1) is 9.63. The van der Waals surface area contributed by atoms with Crippen molar-refractivity contribution in [1.82, 2.24) is 10.3 Å². The number of H-pyrrole nitrogens is 1. The zero-order chi connectivity index (χ0) is 14.1. The van der Waals surface area contributed by atoms with Crippen LogP contribution in [0.15, 0.2) is 24.4 Å². The molecule has 1 aromatic heterocycles. The van der Waals surface area contributed by atoms with E-state index >= 15 is 0 Å². The summed E-state index contributed by atoms with van der Waals surface area (Å²) in [5.41, 5.74) is 8.07. The van der Waals surface area contributed by atoms with Crippen LogP contribution in [0, 0.1) is 5.92 Å². The number of rotatable bonds is 2. The highest BCUT2D eigenvalue weighted by Crippen LogP contribution is 2.25. The summed E-state index contributed by atoms with van der Waals surface area (Å²) in [6.07, 6.45) is 6.42. The monoisotopic (exact) mass is 271 g/mol. The molecule has 3 rings (SSSR count). The van der Waals surface area contributed by atoms with Gasteiger partial charge in [-0.15, -0.1) is 0 Å². The van der Waals surface area contributed by atoms with Crippen LogP contribution in [0.4, 0.5) is 5.69 Å². The molecule has 0 saturated heterocycles. The van der Waals surface area contributed by atoms with Gasteiger partial charge in [-0.2, -0.15) is 0 Å². The molecule has 0 aliphatic heterocycles. The topological polar surface area (TPSA) is 70.9 Å². The van der Waals surface area contributed by atoms with E-state index in [0.717, 1.165) is 23.7 Å². The second kappa shape index (κ2) is 5.19. The Labute approximate surface area is 118 Å². The van der Waals surface area contributed by atoms with Gasteiger partial charge >= 0.3 is 0 Å². The Morgan fingerprint density at radius 3 is 3.05 bits per heavy atom. The predicted octanol–water partition coefficient (Wildman–Crippen LogP) is 3.06. The van der Waals surface area contributed by atoms with E-state index in [1.54, 1.807) is 6.20 Å². The fourth-order valence-corrected chi connectivity index (χ4v) is 3.16. The number of aromatic nitrogens is 1. The summed E-state index contributed by atoms with van der Waals surface area (Å²) in [6, 6.07) is 5.90. The van der Waals surface area contributed by atoms with E-state index in [-0.39, 0.29) is 5.91 Å². The highest BCUT2D eigenvalue weighted by atomic mass is 16.1. The molecule has 1 aliphatic carbocycles. The van der Waals surface area contributed by atoms with Crippen LogP contribution in [0.5, 0.6) is 0 Å². The lowest BCUT2D eigenvalue weighted by Crippen LogP contribution is -2.37. The van der Waals surface area contributed by atoms with Crippen LogP contribution in [-0.4, -0.2) is 16.9 Å². The largest absolute Gasteiger partial charge is 0.399 e. The van der Waals surface area contributed by atoms with Gasteiger partial charge in [-0.05, 0) is 37.0 Å². The number of amides is 1. The van der Waals surface area contributed by atoms with E-state index in [2.05, 4.69) is 17.2 Å². The van der Waals surface area contributed by atoms with Crippen LogP contribution < -0.4 is 11.1 Å². The minimum Gasteiger partial charge on any atom is -0.399 e. The average molecular weight is 271 g/mol. The molecule has 2 unspecified atom stereocenters. The minimum atomic E-state index is 0.0140. The third-order valence-corrected chi connectivity index (χ3v) is 4.22. The number of nitrogens with two attached hydrogens (primary N) is 1. The Morgan fingerprint density at radius 1 is 1.40 bits per heavy atom. The van der Waals surface area contributed by atoms with E-state index in [0.29, 0.717) is 23.2 Å². The van der Waals surface area contributed by atoms with Crippen molar-refractivity contribution in [2.75, 3.05) is 5.73 Å². The summed E-state index contributed by atoms with van der Waals surface area (Å²) >= 11 is 0. The van der Waals surface area contributed by atoms with Crippen molar-refractivity contribution < 1.29 is 4.79 Å². The molecular weight excluding hydrogens is 250 g/mol. The summed E-state index contributed by atoms with van der Waals surface area (Å²) < 4.78 is 0. The van der Waals surface area contributed by atoms with Gasteiger partial charge in [0.1, 0.15) is 0 Å². The van der Waals surface area contributed by atoms with Crippen molar-refractivity contribution in [2.45, 2.75) is 38.6 Å². The summed E-state index contributed by atoms with van der Waals surface area (Å²) in [5.74, 6) is 0.719. The molecule has 1 saturated carbocycles. The van der Waals surface area contributed by atoms with Crippen LogP contribution >= 0.6 is 0 Å². The van der Waals surface area contributed by atoms with Crippen LogP contribution in [0.3, 0.4) is 0 Å². The lowest BCUT2D eigenvalue weighted by atomic mass is 9.87. The standard InChI is InChI=1S/C16H21N3O/c1-10-3-2-4-12(7-10)19-16(20)14-9-18-15-8-11(17)5-6-13(14)15/h5-6,8-10,12,18H,2-4,7,17H2,1H3,(H,19,20). The molecule has 20 heavy (non-hydrogen) atoms. The van der Waals surface area contributed by atoms with Crippen molar-refractivity contribution in [3.63, 3.8) is 0 Å². The van der Waals surface area contributed by atoms with Crippen LogP contribution in [0.25, 0.3) is 10.9 Å². The molecule has 1 amide bonds. The Kier molecular flexibility index (Phi) is 3.38. The average Bonchev–Trinajstić information content (AvgIpc) is 2.81. The van der Waals surface area contributed by atoms with Crippen molar-refractivity contribution in [2.24, 2.45) is 5.92 Å². The van der Waals surface area contributed by atoms with E-state index in [1.807, 2.05) is 18.2 Å². The van der Waals surface area contributed by atoms with Crippen LogP contribution in [-0.2, 0) is 0 Å². The first kappa shape index (κ1) is 13.0. The molecule has 1 aliphatic rings. The molecular formula is C16H21N3O. The van der Waals surface area contributed by atoms with Crippen molar-refractivity contribution in [3.8, 4) is 0 Å². The predicted molar refractivity (Wildman–Crippen MR) is 81.6 cm³/mol. The first-order valence-corrected chi connectivity index (χ1v) is 7.31. The van der Waals surface area contributed by atoms with Crippen molar-refractivity contribution in [1.29, 1.82) is 0 Å². The van der Waals surface area contributed by atoms with Crippen molar-refractivity contribution in [3.05, 3.63) is 30.0 Å². The zero-order valence-electron chi connectivity index (χ0n) is 11.8. The number of hydrogen-bond acceptors (Lipinski definition) is 2. The number of aromatic amines is 1. The summed E-state index contributed by atoms with van der Waals surface area (Å²) in [6.45, 7) is 2.26. The molecule has 4 N–H and O–H groups in total. The lowest BCUT2D eigenvalue weighted by Gasteiger charge is -2.27. The SMILES string of the molecule is CC1CCCC(NC(=O)c2c[nH]c3cc(N)ccc23)C1. The number of hydrogen-bond donors (Lipinski definition) is 3. The van der Waals surface area contributed by atoms with Crippen LogP contribution in [0.1, 0.15) is 43.0 Å². The van der Waals surface area contributed by atoms with Crippen molar-refractivity contribution >= 4 is 22.5 Å². The number of nitrogen functional groups attached to an aromatic ring is 1. The number of carbonyl (C=O) groups excluding carboxylic acids is 1. The maximum atomic E-state index is 12.4. The fraction of sp³-hybridized carbons (Fsp3) is 0.438. The number of anilines is 1. The molecule has 2 aromatic rings. The molecule has 1 heterocycles. The van der Waals surface area contributed by atoms with E-state index in [1.165, 1.54) is 12.8 Å². The molecule has 4 nitrogen and oxygen atoms in total. The molecule has 4 heteroatoms. The molecule has 1 aromatic carbocycles. The van der Waals surface area contributed by atoms with Crippen LogP contribution in [0.2, 0.25) is 0 Å². The molecule has 0 radical (unpaired) electrons. The lowest BCUT2D eigenvalue weighted by molar-refractivity contribution is 0.0923. The van der Waals surface area contributed by atoms with Gasteiger partial charge in [-0.3, -0.25) is 4.79 Å². The zero-order valence-corrected chi connectivity index (χ0v) is 11.8. The van der Waals surface area contributed by atoms with Gasteiger partial charge in [-0.1, -0.05) is 19.8 Å². The quantitative estimate of drug-likeness (QED) is 0.735. The van der Waals surface area contributed by atoms with E-state index < -0.39 is 0 Å². The normalized spacial score (nSPS) is 22.9. The van der Waals surface area contributed by atoms with Gasteiger partial charge in [0.05, 0.1) is 5.56 Å². The molecule has 1 fully saturated rings. The van der Waals surface area contributed by atoms with Gasteiger partial charge in [-0.25, -0.2) is 0 Å². The Balaban J connectivity index is 1.78. The third-order valence-electron chi connectivity index (χ3n) is 4.22. The van der Waals surface area contributed by atoms with Gasteiger partial charge in [0, 0.05) is 28.8 Å². The van der Waals surface area contributed by atoms with Gasteiger partial charge < -0.3 is 16.0 Å². The second-order valence-electron chi connectivity index (χ2n) is 5.95. The molecule has 0 bridgehead atoms. The maximum absolute atomic E-state index is 12.4. The van der Waals surface area contributed by atoms with E-state index in [9.17, 15) is 4.79 Å². The number of carbonyl (C=O) groups is 1. The minimum absolute atomic E-state index is 0.0140. The molecule has 0 spiro atoms. The van der Waals surface area contributed by atoms with Gasteiger partial charge in [0.2, 0.25) is 0 Å². The summed E-state index contributed by atoms with van der Waals surface area (Å²) in [5, 5.41) is 4.10. The third kappa shape index (κ3) is 2.50. The number of benzene rings is 1. The molecule has 106 valence electrons. The number of fused-ring (bicyclic) bond motifs is 1. The maximum Gasteiger partial charge on any atom is 0.253 e. The number of nitrogens with one attached hydrogen (secondary N) is 2. The first-order valence-electron chi connectivity index (χ1n) is 7.31. The second-order valence-corrected chi connectivity index (χ2v) is 5.95. The van der Waals surface area contributed by atoms with Gasteiger partial charge in [0.15, 0.2) is 0 Å². The Morgan fingerprint density at radius 2 is 2.25 bits per heavy atom. The summed E-state index contributed by atoms with van der Waals surface area (Å²) in [4.78, 5) is 15.5. The molecule has 2 atom stereocenters. The van der Waals surface area contributed by atoms with E-state index in [4.69, 9.17) is 5.73 Å². The smallest absolute Gasteiger partial charge is 0.253 e.